The molecule has 0 radical (unpaired) electrons. The van der Waals surface area contributed by atoms with E-state index < -0.39 is 23.4 Å². The number of nitrogens with zero attached hydrogens (tertiary/aromatic N) is 1. The maximum Gasteiger partial charge on any atom is 0.407 e. The quantitative estimate of drug-likeness (QED) is 0.233. The van der Waals surface area contributed by atoms with Crippen LogP contribution in [0.15, 0.2) is 48.8 Å². The van der Waals surface area contributed by atoms with Gasteiger partial charge in [0.05, 0.1) is 11.3 Å². The van der Waals surface area contributed by atoms with Gasteiger partial charge in [-0.3, -0.25) is 14.4 Å². The summed E-state index contributed by atoms with van der Waals surface area (Å²) < 4.78 is 18.4. The predicted octanol–water partition coefficient (Wildman–Crippen LogP) is 5.37. The maximum atomic E-state index is 13.2. The number of ketones is 2. The number of hydrogen-bond donors (Lipinski definition) is 3. The lowest BCUT2D eigenvalue weighted by atomic mass is 10.0. The summed E-state index contributed by atoms with van der Waals surface area (Å²) >= 11 is 5.96. The van der Waals surface area contributed by atoms with E-state index in [1.807, 2.05) is 0 Å². The Morgan fingerprint density at radius 2 is 1.76 bits per heavy atom. The van der Waals surface area contributed by atoms with Crippen molar-refractivity contribution in [1.82, 2.24) is 15.3 Å². The van der Waals surface area contributed by atoms with Gasteiger partial charge in [-0.2, -0.15) is 0 Å². The summed E-state index contributed by atoms with van der Waals surface area (Å²) in [5, 5.41) is 5.31. The van der Waals surface area contributed by atoms with Crippen LogP contribution in [0.2, 0.25) is 5.02 Å². The number of carbonyl (C=O) groups excluding carboxylic acids is 4. The van der Waals surface area contributed by atoms with E-state index in [0.717, 1.165) is 6.07 Å². The van der Waals surface area contributed by atoms with Crippen molar-refractivity contribution in [2.45, 2.75) is 45.6 Å². The molecule has 0 atom stereocenters. The summed E-state index contributed by atoms with van der Waals surface area (Å²) in [5.41, 5.74) is 0.736. The molecule has 3 N–H and O–H groups in total. The highest BCUT2D eigenvalue weighted by atomic mass is 35.5. The van der Waals surface area contributed by atoms with E-state index in [4.69, 9.17) is 16.3 Å². The summed E-state index contributed by atoms with van der Waals surface area (Å²) in [7, 11) is 0. The smallest absolute Gasteiger partial charge is 0.407 e. The molecule has 0 saturated carbocycles. The van der Waals surface area contributed by atoms with E-state index in [1.54, 1.807) is 45.0 Å². The van der Waals surface area contributed by atoms with Crippen LogP contribution in [0.3, 0.4) is 0 Å². The van der Waals surface area contributed by atoms with Gasteiger partial charge in [0.25, 0.3) is 5.91 Å². The van der Waals surface area contributed by atoms with Crippen LogP contribution in [0.5, 0.6) is 0 Å². The number of amides is 2. The Bertz CT molecular complexity index is 1330. The molecule has 0 aliphatic carbocycles. The third kappa shape index (κ3) is 8.24. The highest BCUT2D eigenvalue weighted by Crippen LogP contribution is 2.20. The topological polar surface area (TPSA) is 130 Å². The summed E-state index contributed by atoms with van der Waals surface area (Å²) in [6.45, 7) is 5.49. The lowest BCUT2D eigenvalue weighted by Gasteiger charge is -2.19. The van der Waals surface area contributed by atoms with Crippen LogP contribution in [0.25, 0.3) is 0 Å². The zero-order chi connectivity index (χ0) is 27.9. The number of nitrogens with one attached hydrogen (secondary N) is 3. The molecule has 0 unspecified atom stereocenters. The van der Waals surface area contributed by atoms with E-state index in [1.165, 1.54) is 18.5 Å². The fourth-order valence-corrected chi connectivity index (χ4v) is 3.72. The highest BCUT2D eigenvalue weighted by Gasteiger charge is 2.21. The molecule has 38 heavy (non-hydrogen) atoms. The maximum absolute atomic E-state index is 13.2. The molecule has 11 heteroatoms. The summed E-state index contributed by atoms with van der Waals surface area (Å²) in [6, 6.07) is 10.2. The van der Waals surface area contributed by atoms with Gasteiger partial charge in [0.15, 0.2) is 11.6 Å². The second-order valence-corrected chi connectivity index (χ2v) is 9.86. The number of rotatable bonds is 10. The van der Waals surface area contributed by atoms with Gasteiger partial charge in [-0.25, -0.2) is 14.2 Å². The van der Waals surface area contributed by atoms with Gasteiger partial charge in [-0.15, -0.1) is 0 Å². The number of imidazole rings is 1. The third-order valence-corrected chi connectivity index (χ3v) is 5.50. The van der Waals surface area contributed by atoms with Gasteiger partial charge >= 0.3 is 6.09 Å². The standard InChI is InChI=1S/C27H28ClFN4O5/c1-27(2,3)38-26(37)30-12-4-5-21(34)23-24(32-15-31-23)25(36)33-18-9-6-16(7-10-18)13-22(35)19-11-8-17(29)14-20(19)28/h6-11,14-15H,4-5,12-13H2,1-3H3,(H,30,37)(H,31,32)(H,33,36). The van der Waals surface area contributed by atoms with Crippen LogP contribution >= 0.6 is 11.6 Å². The number of aromatic amines is 1. The van der Waals surface area contributed by atoms with Crippen LogP contribution in [0.4, 0.5) is 14.9 Å². The van der Waals surface area contributed by atoms with Crippen molar-refractivity contribution >= 4 is 40.9 Å². The molecule has 1 heterocycles. The Morgan fingerprint density at radius 3 is 2.42 bits per heavy atom. The molecule has 2 amide bonds. The molecule has 2 aromatic carbocycles. The van der Waals surface area contributed by atoms with E-state index in [-0.39, 0.29) is 52.9 Å². The first-order valence-electron chi connectivity index (χ1n) is 11.8. The largest absolute Gasteiger partial charge is 0.444 e. The first kappa shape index (κ1) is 28.5. The van der Waals surface area contributed by atoms with Crippen molar-refractivity contribution < 1.29 is 28.3 Å². The van der Waals surface area contributed by atoms with Crippen molar-refractivity contribution in [2.24, 2.45) is 0 Å². The number of alkyl carbamates (subject to hydrolysis) is 1. The number of aromatic nitrogens is 2. The number of ether oxygens (including phenoxy) is 1. The number of anilines is 1. The SMILES string of the molecule is CC(C)(C)OC(=O)NCCCC(=O)c1nc[nH]c1C(=O)Nc1ccc(CC(=O)c2ccc(F)cc2Cl)cc1. The number of carbonyl (C=O) groups is 4. The van der Waals surface area contributed by atoms with Crippen LogP contribution in [0, 0.1) is 5.82 Å². The summed E-state index contributed by atoms with van der Waals surface area (Å²) in [4.78, 5) is 56.2. The van der Waals surface area contributed by atoms with Gasteiger partial charge in [0, 0.05) is 30.6 Å². The lowest BCUT2D eigenvalue weighted by Crippen LogP contribution is -2.33. The second-order valence-electron chi connectivity index (χ2n) is 9.46. The minimum Gasteiger partial charge on any atom is -0.444 e. The normalized spacial score (nSPS) is 11.1. The van der Waals surface area contributed by atoms with Gasteiger partial charge in [0.1, 0.15) is 22.8 Å². The molecule has 1 aromatic heterocycles. The number of hydrogen-bond acceptors (Lipinski definition) is 6. The first-order chi connectivity index (χ1) is 17.9. The molecular formula is C27H28ClFN4O5. The molecule has 0 bridgehead atoms. The zero-order valence-electron chi connectivity index (χ0n) is 21.2. The third-order valence-electron chi connectivity index (χ3n) is 5.19. The molecule has 0 aliphatic rings. The Labute approximate surface area is 224 Å². The summed E-state index contributed by atoms with van der Waals surface area (Å²) in [5.74, 6) is -1.70. The van der Waals surface area contributed by atoms with Crippen LogP contribution in [-0.2, 0) is 11.2 Å². The number of H-pyrrole nitrogens is 1. The molecule has 0 fully saturated rings. The molecule has 3 rings (SSSR count). The monoisotopic (exact) mass is 542 g/mol. The minimum atomic E-state index is -0.618. The van der Waals surface area contributed by atoms with Crippen molar-refractivity contribution in [1.29, 1.82) is 0 Å². The molecule has 0 spiro atoms. The summed E-state index contributed by atoms with van der Waals surface area (Å²) in [6.07, 6.45) is 1.15. The van der Waals surface area contributed by atoms with Crippen molar-refractivity contribution in [2.75, 3.05) is 11.9 Å². The van der Waals surface area contributed by atoms with Crippen molar-refractivity contribution in [3.05, 3.63) is 82.1 Å². The van der Waals surface area contributed by atoms with Gasteiger partial charge in [-0.1, -0.05) is 23.7 Å². The van der Waals surface area contributed by atoms with Crippen molar-refractivity contribution in [3.8, 4) is 0 Å². The van der Waals surface area contributed by atoms with Crippen molar-refractivity contribution in [3.63, 3.8) is 0 Å². The molecule has 200 valence electrons. The molecule has 0 saturated heterocycles. The van der Waals surface area contributed by atoms with Gasteiger partial charge in [0.2, 0.25) is 0 Å². The van der Waals surface area contributed by atoms with E-state index in [2.05, 4.69) is 20.6 Å². The van der Waals surface area contributed by atoms with Gasteiger partial charge in [-0.05, 0) is 63.1 Å². The number of benzene rings is 2. The Hall–Kier alpha value is -4.05. The van der Waals surface area contributed by atoms with E-state index in [0.29, 0.717) is 17.7 Å². The average molecular weight is 543 g/mol. The van der Waals surface area contributed by atoms with E-state index in [9.17, 15) is 23.6 Å². The fraction of sp³-hybridized carbons (Fsp3) is 0.296. The second kappa shape index (κ2) is 12.5. The Morgan fingerprint density at radius 1 is 1.05 bits per heavy atom. The Kier molecular flexibility index (Phi) is 9.35. The zero-order valence-corrected chi connectivity index (χ0v) is 21.9. The predicted molar refractivity (Wildman–Crippen MR) is 140 cm³/mol. The molecular weight excluding hydrogens is 515 g/mol. The van der Waals surface area contributed by atoms with Gasteiger partial charge < -0.3 is 20.4 Å². The average Bonchev–Trinajstić information content (AvgIpc) is 3.32. The number of halogens is 2. The first-order valence-corrected chi connectivity index (χ1v) is 12.2. The fourth-order valence-electron chi connectivity index (χ4n) is 3.45. The molecule has 9 nitrogen and oxygen atoms in total. The Balaban J connectivity index is 1.53. The van der Waals surface area contributed by atoms with Crippen LogP contribution in [0.1, 0.15) is 70.5 Å². The van der Waals surface area contributed by atoms with E-state index >= 15 is 0 Å². The minimum absolute atomic E-state index is 0.00170. The lowest BCUT2D eigenvalue weighted by molar-refractivity contribution is 0.0525. The highest BCUT2D eigenvalue weighted by molar-refractivity contribution is 6.34. The number of Topliss-reactive ketones (excluding diaryl/α,β-unsaturated/α-hetero) is 2. The molecule has 0 aliphatic heterocycles. The van der Waals surface area contributed by atoms with Crippen LogP contribution < -0.4 is 10.6 Å². The molecule has 3 aromatic rings. The van der Waals surface area contributed by atoms with Crippen LogP contribution in [-0.4, -0.2) is 45.7 Å².